The summed E-state index contributed by atoms with van der Waals surface area (Å²) < 4.78 is 5.53. The predicted molar refractivity (Wildman–Crippen MR) is 98.3 cm³/mol. The molecule has 1 unspecified atom stereocenters. The fraction of sp³-hybridized carbons (Fsp3) is 0.667. The summed E-state index contributed by atoms with van der Waals surface area (Å²) in [4.78, 5) is 0. The van der Waals surface area contributed by atoms with Crippen molar-refractivity contribution in [1.82, 2.24) is 0 Å². The van der Waals surface area contributed by atoms with E-state index in [0.29, 0.717) is 11.6 Å². The molecule has 0 aromatic heterocycles. The zero-order valence-electron chi connectivity index (χ0n) is 13.6. The summed E-state index contributed by atoms with van der Waals surface area (Å²) in [5, 5.41) is 10.6. The van der Waals surface area contributed by atoms with E-state index in [0.717, 1.165) is 17.3 Å². The van der Waals surface area contributed by atoms with Crippen molar-refractivity contribution in [2.24, 2.45) is 0 Å². The van der Waals surface area contributed by atoms with Crippen molar-refractivity contribution in [2.75, 3.05) is 18.1 Å². The summed E-state index contributed by atoms with van der Waals surface area (Å²) in [5.41, 5.74) is 0. The molecule has 126 valence electrons. The second-order valence-corrected chi connectivity index (χ2v) is 7.20. The Morgan fingerprint density at radius 3 is 2.36 bits per heavy atom. The summed E-state index contributed by atoms with van der Waals surface area (Å²) >= 11 is 7.63. The third-order valence-corrected chi connectivity index (χ3v) is 4.91. The first-order chi connectivity index (χ1) is 10.7. The molecule has 0 heterocycles. The SMILES string of the molecule is CCCCCCCCCSCC(O)COc1ccc(Cl)cc1. The molecular weight excluding hydrogens is 316 g/mol. The Hall–Kier alpha value is -0.380. The number of hydrogen-bond acceptors (Lipinski definition) is 3. The zero-order valence-corrected chi connectivity index (χ0v) is 15.2. The minimum Gasteiger partial charge on any atom is -0.491 e. The predicted octanol–water partition coefficient (Wildman–Crippen LogP) is 5.56. The summed E-state index contributed by atoms with van der Waals surface area (Å²) in [6, 6.07) is 7.22. The van der Waals surface area contributed by atoms with Crippen LogP contribution in [0, 0.1) is 0 Å². The molecule has 0 spiro atoms. The molecule has 22 heavy (non-hydrogen) atoms. The van der Waals surface area contributed by atoms with E-state index in [1.54, 1.807) is 12.1 Å². The number of rotatable bonds is 13. The highest BCUT2D eigenvalue weighted by atomic mass is 35.5. The molecule has 1 rings (SSSR count). The molecule has 0 aliphatic rings. The van der Waals surface area contributed by atoms with E-state index in [4.69, 9.17) is 16.3 Å². The normalized spacial score (nSPS) is 12.3. The van der Waals surface area contributed by atoms with Crippen molar-refractivity contribution in [2.45, 2.75) is 58.0 Å². The minimum absolute atomic E-state index is 0.339. The monoisotopic (exact) mass is 344 g/mol. The van der Waals surface area contributed by atoms with Gasteiger partial charge in [0.25, 0.3) is 0 Å². The summed E-state index contributed by atoms with van der Waals surface area (Å²) in [7, 11) is 0. The molecular formula is C18H29ClO2S. The fourth-order valence-electron chi connectivity index (χ4n) is 2.15. The van der Waals surface area contributed by atoms with Gasteiger partial charge in [-0.15, -0.1) is 0 Å². The van der Waals surface area contributed by atoms with Crippen LogP contribution >= 0.6 is 23.4 Å². The maximum Gasteiger partial charge on any atom is 0.119 e. The second-order valence-electron chi connectivity index (χ2n) is 5.61. The van der Waals surface area contributed by atoms with Crippen LogP contribution in [-0.2, 0) is 0 Å². The molecule has 0 aliphatic heterocycles. The standard InChI is InChI=1S/C18H29ClO2S/c1-2-3-4-5-6-7-8-13-22-15-17(20)14-21-18-11-9-16(19)10-12-18/h9-12,17,20H,2-8,13-15H2,1H3. The molecule has 0 aliphatic carbocycles. The van der Waals surface area contributed by atoms with Crippen LogP contribution in [0.25, 0.3) is 0 Å². The fourth-order valence-corrected chi connectivity index (χ4v) is 3.22. The van der Waals surface area contributed by atoms with E-state index in [1.807, 2.05) is 23.9 Å². The van der Waals surface area contributed by atoms with Crippen LogP contribution < -0.4 is 4.74 Å². The van der Waals surface area contributed by atoms with Crippen LogP contribution in [0.2, 0.25) is 5.02 Å². The van der Waals surface area contributed by atoms with E-state index in [-0.39, 0.29) is 0 Å². The first-order valence-electron chi connectivity index (χ1n) is 8.36. The molecule has 0 bridgehead atoms. The quantitative estimate of drug-likeness (QED) is 0.475. The number of thioether (sulfide) groups is 1. The number of unbranched alkanes of at least 4 members (excludes halogenated alkanes) is 6. The van der Waals surface area contributed by atoms with Gasteiger partial charge in [-0.1, -0.05) is 57.0 Å². The van der Waals surface area contributed by atoms with Gasteiger partial charge in [0, 0.05) is 10.8 Å². The van der Waals surface area contributed by atoms with Gasteiger partial charge in [0.05, 0.1) is 6.10 Å². The van der Waals surface area contributed by atoms with Crippen molar-refractivity contribution in [1.29, 1.82) is 0 Å². The van der Waals surface area contributed by atoms with Gasteiger partial charge in [0.2, 0.25) is 0 Å². The molecule has 1 aromatic carbocycles. The lowest BCUT2D eigenvalue weighted by molar-refractivity contribution is 0.126. The lowest BCUT2D eigenvalue weighted by atomic mass is 10.1. The molecule has 1 atom stereocenters. The minimum atomic E-state index is -0.412. The van der Waals surface area contributed by atoms with Crippen LogP contribution in [0.5, 0.6) is 5.75 Å². The molecule has 1 aromatic rings. The van der Waals surface area contributed by atoms with Gasteiger partial charge in [-0.25, -0.2) is 0 Å². The van der Waals surface area contributed by atoms with Crippen molar-refractivity contribution < 1.29 is 9.84 Å². The average molecular weight is 345 g/mol. The van der Waals surface area contributed by atoms with E-state index in [2.05, 4.69) is 6.92 Å². The van der Waals surface area contributed by atoms with Gasteiger partial charge in [0.1, 0.15) is 12.4 Å². The van der Waals surface area contributed by atoms with Crippen LogP contribution in [0.4, 0.5) is 0 Å². The Bertz CT molecular complexity index is 370. The second kappa shape index (κ2) is 13.1. The topological polar surface area (TPSA) is 29.5 Å². The van der Waals surface area contributed by atoms with Gasteiger partial charge >= 0.3 is 0 Å². The first-order valence-corrected chi connectivity index (χ1v) is 9.89. The van der Waals surface area contributed by atoms with Crippen molar-refractivity contribution in [3.8, 4) is 5.75 Å². The highest BCUT2D eigenvalue weighted by Crippen LogP contribution is 2.16. The lowest BCUT2D eigenvalue weighted by Gasteiger charge is -2.12. The largest absolute Gasteiger partial charge is 0.491 e. The Balaban J connectivity index is 1.93. The summed E-state index contributed by atoms with van der Waals surface area (Å²) in [6.45, 7) is 2.59. The molecule has 0 fully saturated rings. The molecule has 0 amide bonds. The highest BCUT2D eigenvalue weighted by molar-refractivity contribution is 7.99. The van der Waals surface area contributed by atoms with Crippen LogP contribution in [0.15, 0.2) is 24.3 Å². The number of benzene rings is 1. The van der Waals surface area contributed by atoms with Crippen LogP contribution in [0.1, 0.15) is 51.9 Å². The molecule has 4 heteroatoms. The molecule has 1 N–H and O–H groups in total. The first kappa shape index (κ1) is 19.7. The van der Waals surface area contributed by atoms with Crippen molar-refractivity contribution >= 4 is 23.4 Å². The number of aliphatic hydroxyl groups is 1. The molecule has 0 saturated heterocycles. The number of aliphatic hydroxyl groups excluding tert-OH is 1. The highest BCUT2D eigenvalue weighted by Gasteiger charge is 2.05. The number of hydrogen-bond donors (Lipinski definition) is 1. The number of halogens is 1. The third-order valence-electron chi connectivity index (χ3n) is 3.46. The van der Waals surface area contributed by atoms with E-state index < -0.39 is 6.10 Å². The van der Waals surface area contributed by atoms with Gasteiger partial charge in [-0.3, -0.25) is 0 Å². The van der Waals surface area contributed by atoms with E-state index in [1.165, 1.54) is 44.9 Å². The Morgan fingerprint density at radius 1 is 1.05 bits per heavy atom. The van der Waals surface area contributed by atoms with Crippen molar-refractivity contribution in [3.63, 3.8) is 0 Å². The summed E-state index contributed by atoms with van der Waals surface area (Å²) in [5.74, 6) is 2.62. The molecule has 0 saturated carbocycles. The van der Waals surface area contributed by atoms with Crippen LogP contribution in [0.3, 0.4) is 0 Å². The van der Waals surface area contributed by atoms with Crippen LogP contribution in [-0.4, -0.2) is 29.3 Å². The van der Waals surface area contributed by atoms with E-state index in [9.17, 15) is 5.11 Å². The Kier molecular flexibility index (Phi) is 11.7. The zero-order chi connectivity index (χ0) is 16.0. The molecule has 0 radical (unpaired) electrons. The smallest absolute Gasteiger partial charge is 0.119 e. The Labute approximate surface area is 144 Å². The average Bonchev–Trinajstić information content (AvgIpc) is 2.53. The van der Waals surface area contributed by atoms with Gasteiger partial charge in [-0.05, 0) is 36.4 Å². The summed E-state index contributed by atoms with van der Waals surface area (Å²) in [6.07, 6.45) is 8.93. The van der Waals surface area contributed by atoms with E-state index >= 15 is 0 Å². The lowest BCUT2D eigenvalue weighted by Crippen LogP contribution is -2.20. The number of ether oxygens (including phenoxy) is 1. The maximum absolute atomic E-state index is 9.89. The maximum atomic E-state index is 9.89. The van der Waals surface area contributed by atoms with Gasteiger partial charge < -0.3 is 9.84 Å². The third kappa shape index (κ3) is 10.4. The van der Waals surface area contributed by atoms with Gasteiger partial charge in [-0.2, -0.15) is 11.8 Å². The van der Waals surface area contributed by atoms with Crippen molar-refractivity contribution in [3.05, 3.63) is 29.3 Å². The van der Waals surface area contributed by atoms with Gasteiger partial charge in [0.15, 0.2) is 0 Å². The molecule has 2 nitrogen and oxygen atoms in total. The Morgan fingerprint density at radius 2 is 1.68 bits per heavy atom.